The predicted molar refractivity (Wildman–Crippen MR) is 93.2 cm³/mol. The molecule has 1 aliphatic rings. The molecule has 0 aliphatic carbocycles. The Hall–Kier alpha value is -2.14. The number of carbonyl (C=O) groups excluding carboxylic acids is 1. The first-order valence-electron chi connectivity index (χ1n) is 7.88. The number of rotatable bonds is 2. The third kappa shape index (κ3) is 3.51. The van der Waals surface area contributed by atoms with Crippen molar-refractivity contribution in [1.82, 2.24) is 9.88 Å². The minimum atomic E-state index is -0.574. The van der Waals surface area contributed by atoms with E-state index in [-0.39, 0.29) is 16.5 Å². The molecule has 0 unspecified atom stereocenters. The van der Waals surface area contributed by atoms with Crippen molar-refractivity contribution < 1.29 is 9.18 Å². The summed E-state index contributed by atoms with van der Waals surface area (Å²) in [5.41, 5.74) is 3.15. The third-order valence-electron chi connectivity index (χ3n) is 4.16. The van der Waals surface area contributed by atoms with Gasteiger partial charge < -0.3 is 9.80 Å². The summed E-state index contributed by atoms with van der Waals surface area (Å²) in [4.78, 5) is 20.8. The number of hydrogen-bond acceptors (Lipinski definition) is 3. The molecular weight excluding hydrogens is 329 g/mol. The van der Waals surface area contributed by atoms with Crippen LogP contribution in [0.4, 0.5) is 10.1 Å². The number of aromatic nitrogens is 1. The molecule has 0 bridgehead atoms. The molecule has 1 saturated heterocycles. The maximum Gasteiger partial charge on any atom is 0.256 e. The van der Waals surface area contributed by atoms with Gasteiger partial charge in [-0.2, -0.15) is 0 Å². The molecule has 126 valence electrons. The van der Waals surface area contributed by atoms with Crippen LogP contribution in [-0.4, -0.2) is 42.0 Å². The molecule has 6 heteroatoms. The van der Waals surface area contributed by atoms with E-state index in [9.17, 15) is 9.18 Å². The number of pyridine rings is 1. The van der Waals surface area contributed by atoms with E-state index >= 15 is 0 Å². The number of anilines is 1. The van der Waals surface area contributed by atoms with E-state index in [1.807, 2.05) is 26.0 Å². The molecule has 3 rings (SSSR count). The number of amides is 1. The first kappa shape index (κ1) is 16.7. The Morgan fingerprint density at radius 1 is 1.08 bits per heavy atom. The van der Waals surface area contributed by atoms with Crippen LogP contribution in [0.15, 0.2) is 30.3 Å². The highest BCUT2D eigenvalue weighted by molar-refractivity contribution is 6.30. The molecule has 1 aliphatic heterocycles. The number of benzene rings is 1. The zero-order valence-corrected chi connectivity index (χ0v) is 14.5. The van der Waals surface area contributed by atoms with Crippen LogP contribution in [0.5, 0.6) is 0 Å². The van der Waals surface area contributed by atoms with Gasteiger partial charge in [0.15, 0.2) is 0 Å². The minimum Gasteiger partial charge on any atom is -0.368 e. The largest absolute Gasteiger partial charge is 0.368 e. The van der Waals surface area contributed by atoms with E-state index in [1.54, 1.807) is 4.90 Å². The van der Waals surface area contributed by atoms with E-state index in [1.165, 1.54) is 18.2 Å². The Kier molecular flexibility index (Phi) is 4.71. The highest BCUT2D eigenvalue weighted by Gasteiger charge is 2.24. The first-order chi connectivity index (χ1) is 11.4. The van der Waals surface area contributed by atoms with Crippen molar-refractivity contribution in [3.05, 3.63) is 58.1 Å². The van der Waals surface area contributed by atoms with Gasteiger partial charge in [0, 0.05) is 48.3 Å². The Morgan fingerprint density at radius 2 is 1.71 bits per heavy atom. The maximum absolute atomic E-state index is 13.9. The lowest BCUT2D eigenvalue weighted by Crippen LogP contribution is -2.49. The van der Waals surface area contributed by atoms with Gasteiger partial charge in [0.2, 0.25) is 0 Å². The van der Waals surface area contributed by atoms with Crippen molar-refractivity contribution >= 4 is 23.2 Å². The summed E-state index contributed by atoms with van der Waals surface area (Å²) in [7, 11) is 0. The van der Waals surface area contributed by atoms with Crippen molar-refractivity contribution in [3.63, 3.8) is 0 Å². The van der Waals surface area contributed by atoms with Gasteiger partial charge in [-0.3, -0.25) is 9.78 Å². The second-order valence-electron chi connectivity index (χ2n) is 6.01. The highest BCUT2D eigenvalue weighted by Crippen LogP contribution is 2.21. The molecular formula is C18H19ClFN3O. The smallest absolute Gasteiger partial charge is 0.256 e. The van der Waals surface area contributed by atoms with Crippen molar-refractivity contribution in [2.24, 2.45) is 0 Å². The number of halogens is 2. The predicted octanol–water partition coefficient (Wildman–Crippen LogP) is 3.45. The van der Waals surface area contributed by atoms with Crippen molar-refractivity contribution in [2.75, 3.05) is 31.1 Å². The zero-order valence-electron chi connectivity index (χ0n) is 13.7. The molecule has 2 aromatic rings. The molecule has 24 heavy (non-hydrogen) atoms. The fourth-order valence-electron chi connectivity index (χ4n) is 3.00. The summed E-state index contributed by atoms with van der Waals surface area (Å²) in [6.45, 7) is 6.48. The molecule has 0 atom stereocenters. The van der Waals surface area contributed by atoms with Gasteiger partial charge >= 0.3 is 0 Å². The van der Waals surface area contributed by atoms with Crippen LogP contribution < -0.4 is 4.90 Å². The van der Waals surface area contributed by atoms with Crippen molar-refractivity contribution in [1.29, 1.82) is 0 Å². The standard InChI is InChI=1S/C18H19ClFN3O/c1-12-9-15(10-13(2)21-12)22-5-7-23(8-6-22)18(24)16-4-3-14(19)11-17(16)20/h3-4,9-11H,5-8H2,1-2H3. The van der Waals surface area contributed by atoms with E-state index in [2.05, 4.69) is 9.88 Å². The van der Waals surface area contributed by atoms with E-state index in [0.29, 0.717) is 26.2 Å². The van der Waals surface area contributed by atoms with Gasteiger partial charge in [-0.05, 0) is 44.2 Å². The van der Waals surface area contributed by atoms with Crippen LogP contribution in [0, 0.1) is 19.7 Å². The number of carbonyl (C=O) groups is 1. The fraction of sp³-hybridized carbons (Fsp3) is 0.333. The highest BCUT2D eigenvalue weighted by atomic mass is 35.5. The number of piperazine rings is 1. The monoisotopic (exact) mass is 347 g/mol. The van der Waals surface area contributed by atoms with Crippen LogP contribution >= 0.6 is 11.6 Å². The van der Waals surface area contributed by atoms with E-state index in [0.717, 1.165) is 17.1 Å². The van der Waals surface area contributed by atoms with Gasteiger partial charge in [-0.15, -0.1) is 0 Å². The molecule has 4 nitrogen and oxygen atoms in total. The van der Waals surface area contributed by atoms with Gasteiger partial charge in [0.05, 0.1) is 5.56 Å². The molecule has 1 aromatic heterocycles. The Balaban J connectivity index is 1.69. The van der Waals surface area contributed by atoms with Crippen LogP contribution in [0.2, 0.25) is 5.02 Å². The summed E-state index contributed by atoms with van der Waals surface area (Å²) in [5, 5.41) is 0.289. The average molecular weight is 348 g/mol. The molecule has 1 amide bonds. The van der Waals surface area contributed by atoms with Crippen LogP contribution in [-0.2, 0) is 0 Å². The fourth-order valence-corrected chi connectivity index (χ4v) is 3.15. The second kappa shape index (κ2) is 6.77. The summed E-state index contributed by atoms with van der Waals surface area (Å²) in [6, 6.07) is 8.25. The van der Waals surface area contributed by atoms with Gasteiger partial charge in [-0.1, -0.05) is 11.6 Å². The van der Waals surface area contributed by atoms with Crippen LogP contribution in [0.1, 0.15) is 21.7 Å². The lowest BCUT2D eigenvalue weighted by Gasteiger charge is -2.36. The Morgan fingerprint density at radius 3 is 2.29 bits per heavy atom. The van der Waals surface area contributed by atoms with E-state index in [4.69, 9.17) is 11.6 Å². The van der Waals surface area contributed by atoms with Crippen LogP contribution in [0.25, 0.3) is 0 Å². The number of hydrogen-bond donors (Lipinski definition) is 0. The van der Waals surface area contributed by atoms with E-state index < -0.39 is 5.82 Å². The Bertz CT molecular complexity index is 753. The molecule has 1 aromatic carbocycles. The summed E-state index contributed by atoms with van der Waals surface area (Å²) in [6.07, 6.45) is 0. The first-order valence-corrected chi connectivity index (χ1v) is 8.26. The average Bonchev–Trinajstić information content (AvgIpc) is 2.53. The molecule has 0 spiro atoms. The summed E-state index contributed by atoms with van der Waals surface area (Å²) < 4.78 is 13.9. The molecule has 0 N–H and O–H groups in total. The maximum atomic E-state index is 13.9. The van der Waals surface area contributed by atoms with Crippen LogP contribution in [0.3, 0.4) is 0 Å². The number of aryl methyl sites for hydroxylation is 2. The zero-order chi connectivity index (χ0) is 17.3. The molecule has 0 saturated carbocycles. The summed E-state index contributed by atoms with van der Waals surface area (Å²) in [5.74, 6) is -0.860. The topological polar surface area (TPSA) is 36.4 Å². The van der Waals surface area contributed by atoms with Gasteiger partial charge in [-0.25, -0.2) is 4.39 Å². The lowest BCUT2D eigenvalue weighted by atomic mass is 10.1. The normalized spacial score (nSPS) is 14.8. The van der Waals surface area contributed by atoms with Gasteiger partial charge in [0.25, 0.3) is 5.91 Å². The third-order valence-corrected chi connectivity index (χ3v) is 4.39. The number of nitrogens with zero attached hydrogens (tertiary/aromatic N) is 3. The summed E-state index contributed by atoms with van der Waals surface area (Å²) >= 11 is 5.74. The molecule has 0 radical (unpaired) electrons. The van der Waals surface area contributed by atoms with Gasteiger partial charge in [0.1, 0.15) is 5.82 Å². The van der Waals surface area contributed by atoms with Crippen molar-refractivity contribution in [3.8, 4) is 0 Å². The lowest BCUT2D eigenvalue weighted by molar-refractivity contribution is 0.0742. The SMILES string of the molecule is Cc1cc(N2CCN(C(=O)c3ccc(Cl)cc3F)CC2)cc(C)n1. The van der Waals surface area contributed by atoms with Crippen molar-refractivity contribution in [2.45, 2.75) is 13.8 Å². The Labute approximate surface area is 145 Å². The molecule has 2 heterocycles. The minimum absolute atomic E-state index is 0.0726. The second-order valence-corrected chi connectivity index (χ2v) is 6.45. The molecule has 1 fully saturated rings. The quantitative estimate of drug-likeness (QED) is 0.834.